The molecule has 0 aliphatic carbocycles. The zero-order valence-corrected chi connectivity index (χ0v) is 9.97. The van der Waals surface area contributed by atoms with E-state index < -0.39 is 5.95 Å². The van der Waals surface area contributed by atoms with Gasteiger partial charge in [-0.05, 0) is 12.1 Å². The van der Waals surface area contributed by atoms with Crippen LogP contribution in [0.15, 0.2) is 42.6 Å². The maximum atomic E-state index is 13.0. The van der Waals surface area contributed by atoms with Gasteiger partial charge in [0.2, 0.25) is 5.95 Å². The number of nitrogens with zero attached hydrogens (tertiary/aromatic N) is 1. The third-order valence-electron chi connectivity index (χ3n) is 2.99. The smallest absolute Gasteiger partial charge is 0.252 e. The van der Waals surface area contributed by atoms with Crippen LogP contribution in [0.1, 0.15) is 22.0 Å². The Kier molecular flexibility index (Phi) is 2.87. The molecule has 0 bridgehead atoms. The van der Waals surface area contributed by atoms with Crippen molar-refractivity contribution in [1.82, 2.24) is 10.3 Å². The Balaban J connectivity index is 1.78. The van der Waals surface area contributed by atoms with Gasteiger partial charge in [0.05, 0.1) is 6.04 Å². The Morgan fingerprint density at radius 1 is 1.37 bits per heavy atom. The molecule has 0 saturated heterocycles. The Morgan fingerprint density at radius 3 is 3.05 bits per heavy atom. The van der Waals surface area contributed by atoms with Gasteiger partial charge >= 0.3 is 0 Å². The Labute approximate surface area is 109 Å². The molecule has 1 N–H and O–H groups in total. The standard InChI is InChI=1S/C14H11FN2O2/c15-13-7-9(5-6-16-13)14(18)17-11-8-19-12-4-2-1-3-10(11)12/h1-7,11H,8H2,(H,17,18). The Morgan fingerprint density at radius 2 is 2.21 bits per heavy atom. The highest BCUT2D eigenvalue weighted by molar-refractivity contribution is 5.94. The lowest BCUT2D eigenvalue weighted by Gasteiger charge is -2.11. The molecule has 3 rings (SSSR count). The highest BCUT2D eigenvalue weighted by atomic mass is 19.1. The van der Waals surface area contributed by atoms with Crippen molar-refractivity contribution in [3.05, 3.63) is 59.7 Å². The molecule has 1 aromatic carbocycles. The van der Waals surface area contributed by atoms with E-state index in [9.17, 15) is 9.18 Å². The van der Waals surface area contributed by atoms with E-state index in [0.29, 0.717) is 6.61 Å². The first-order valence-corrected chi connectivity index (χ1v) is 5.88. The number of pyridine rings is 1. The molecule has 1 aromatic heterocycles. The summed E-state index contributed by atoms with van der Waals surface area (Å²) < 4.78 is 18.4. The normalized spacial score (nSPS) is 16.6. The predicted octanol–water partition coefficient (Wildman–Crippen LogP) is 2.08. The summed E-state index contributed by atoms with van der Waals surface area (Å²) in [6.07, 6.45) is 1.27. The molecule has 1 unspecified atom stereocenters. The van der Waals surface area contributed by atoms with Gasteiger partial charge in [-0.2, -0.15) is 4.39 Å². The van der Waals surface area contributed by atoms with Crippen molar-refractivity contribution in [3.8, 4) is 5.75 Å². The third kappa shape index (κ3) is 2.27. The number of ether oxygens (including phenoxy) is 1. The molecule has 19 heavy (non-hydrogen) atoms. The van der Waals surface area contributed by atoms with E-state index in [2.05, 4.69) is 10.3 Å². The number of nitrogens with one attached hydrogen (secondary N) is 1. The fourth-order valence-corrected chi connectivity index (χ4v) is 2.07. The predicted molar refractivity (Wildman–Crippen MR) is 66.3 cm³/mol. The molecule has 0 fully saturated rings. The van der Waals surface area contributed by atoms with E-state index in [1.807, 2.05) is 24.3 Å². The van der Waals surface area contributed by atoms with Crippen molar-refractivity contribution in [1.29, 1.82) is 0 Å². The second-order valence-electron chi connectivity index (χ2n) is 4.24. The van der Waals surface area contributed by atoms with Crippen LogP contribution in [-0.2, 0) is 0 Å². The number of halogens is 1. The summed E-state index contributed by atoms with van der Waals surface area (Å²) in [5, 5.41) is 2.82. The lowest BCUT2D eigenvalue weighted by Crippen LogP contribution is -2.29. The van der Waals surface area contributed by atoms with Crippen LogP contribution in [-0.4, -0.2) is 17.5 Å². The first-order chi connectivity index (χ1) is 9.24. The topological polar surface area (TPSA) is 51.2 Å². The molecule has 0 spiro atoms. The summed E-state index contributed by atoms with van der Waals surface area (Å²) in [7, 11) is 0. The van der Waals surface area contributed by atoms with Crippen LogP contribution >= 0.6 is 0 Å². The van der Waals surface area contributed by atoms with Gasteiger partial charge in [0.1, 0.15) is 12.4 Å². The van der Waals surface area contributed by atoms with Crippen LogP contribution < -0.4 is 10.1 Å². The first-order valence-electron chi connectivity index (χ1n) is 5.88. The van der Waals surface area contributed by atoms with Crippen molar-refractivity contribution in [2.24, 2.45) is 0 Å². The number of benzene rings is 1. The number of carbonyl (C=O) groups is 1. The zero-order chi connectivity index (χ0) is 13.2. The highest BCUT2D eigenvalue weighted by Crippen LogP contribution is 2.31. The van der Waals surface area contributed by atoms with E-state index in [4.69, 9.17) is 4.74 Å². The largest absolute Gasteiger partial charge is 0.491 e. The van der Waals surface area contributed by atoms with Gasteiger partial charge in [0, 0.05) is 23.4 Å². The van der Waals surface area contributed by atoms with Crippen LogP contribution in [0.3, 0.4) is 0 Å². The minimum atomic E-state index is -0.671. The summed E-state index contributed by atoms with van der Waals surface area (Å²) in [5.74, 6) is -0.240. The second kappa shape index (κ2) is 4.68. The van der Waals surface area contributed by atoms with Gasteiger partial charge in [0.25, 0.3) is 5.91 Å². The molecule has 96 valence electrons. The van der Waals surface area contributed by atoms with E-state index in [-0.39, 0.29) is 17.5 Å². The van der Waals surface area contributed by atoms with Crippen molar-refractivity contribution >= 4 is 5.91 Å². The van der Waals surface area contributed by atoms with Crippen LogP contribution in [0.5, 0.6) is 5.75 Å². The summed E-state index contributed by atoms with van der Waals surface area (Å²) in [6, 6.07) is 9.89. The number of amides is 1. The molecular weight excluding hydrogens is 247 g/mol. The average molecular weight is 258 g/mol. The van der Waals surface area contributed by atoms with Crippen molar-refractivity contribution in [2.45, 2.75) is 6.04 Å². The quantitative estimate of drug-likeness (QED) is 0.839. The molecule has 0 radical (unpaired) electrons. The number of hydrogen-bond acceptors (Lipinski definition) is 3. The monoisotopic (exact) mass is 258 g/mol. The summed E-state index contributed by atoms with van der Waals surface area (Å²) in [6.45, 7) is 0.388. The fraction of sp³-hybridized carbons (Fsp3) is 0.143. The molecule has 1 aliphatic rings. The lowest BCUT2D eigenvalue weighted by atomic mass is 10.1. The maximum Gasteiger partial charge on any atom is 0.252 e. The number of aromatic nitrogens is 1. The van der Waals surface area contributed by atoms with Gasteiger partial charge < -0.3 is 10.1 Å². The number of hydrogen-bond donors (Lipinski definition) is 1. The van der Waals surface area contributed by atoms with Gasteiger partial charge in [-0.3, -0.25) is 4.79 Å². The Bertz CT molecular complexity index is 630. The molecule has 4 nitrogen and oxygen atoms in total. The first kappa shape index (κ1) is 11.6. The minimum Gasteiger partial charge on any atom is -0.491 e. The van der Waals surface area contributed by atoms with Crippen LogP contribution in [0.25, 0.3) is 0 Å². The van der Waals surface area contributed by atoms with E-state index in [1.165, 1.54) is 12.3 Å². The highest BCUT2D eigenvalue weighted by Gasteiger charge is 2.25. The molecule has 1 amide bonds. The molecule has 0 saturated carbocycles. The molecule has 2 aromatic rings. The summed E-state index contributed by atoms with van der Waals surface area (Å²) >= 11 is 0. The molecule has 5 heteroatoms. The van der Waals surface area contributed by atoms with Crippen molar-refractivity contribution in [2.75, 3.05) is 6.61 Å². The van der Waals surface area contributed by atoms with Crippen LogP contribution in [0.4, 0.5) is 4.39 Å². The van der Waals surface area contributed by atoms with Crippen LogP contribution in [0, 0.1) is 5.95 Å². The fourth-order valence-electron chi connectivity index (χ4n) is 2.07. The second-order valence-corrected chi connectivity index (χ2v) is 4.24. The zero-order valence-electron chi connectivity index (χ0n) is 9.97. The van der Waals surface area contributed by atoms with Crippen molar-refractivity contribution < 1.29 is 13.9 Å². The lowest BCUT2D eigenvalue weighted by molar-refractivity contribution is 0.0929. The van der Waals surface area contributed by atoms with Crippen LogP contribution in [0.2, 0.25) is 0 Å². The van der Waals surface area contributed by atoms with Gasteiger partial charge in [-0.25, -0.2) is 4.98 Å². The molecule has 1 aliphatic heterocycles. The van der Waals surface area contributed by atoms with Gasteiger partial charge in [-0.15, -0.1) is 0 Å². The van der Waals surface area contributed by atoms with Crippen molar-refractivity contribution in [3.63, 3.8) is 0 Å². The molecular formula is C14H11FN2O2. The number of carbonyl (C=O) groups excluding carboxylic acids is 1. The summed E-state index contributed by atoms with van der Waals surface area (Å²) in [4.78, 5) is 15.4. The number of fused-ring (bicyclic) bond motifs is 1. The third-order valence-corrected chi connectivity index (χ3v) is 2.99. The average Bonchev–Trinajstić information content (AvgIpc) is 2.82. The van der Waals surface area contributed by atoms with Gasteiger partial charge in [-0.1, -0.05) is 18.2 Å². The summed E-state index contributed by atoms with van der Waals surface area (Å²) in [5.41, 5.74) is 1.18. The SMILES string of the molecule is O=C(NC1COc2ccccc21)c1ccnc(F)c1. The van der Waals surface area contributed by atoms with E-state index in [0.717, 1.165) is 17.4 Å². The number of rotatable bonds is 2. The minimum absolute atomic E-state index is 0.208. The van der Waals surface area contributed by atoms with E-state index in [1.54, 1.807) is 0 Å². The molecule has 1 atom stereocenters. The van der Waals surface area contributed by atoms with Gasteiger partial charge in [0.15, 0.2) is 0 Å². The molecule has 2 heterocycles. The maximum absolute atomic E-state index is 13.0. The number of para-hydroxylation sites is 1. The van der Waals surface area contributed by atoms with E-state index >= 15 is 0 Å². The Hall–Kier alpha value is -2.43.